The molecule has 4 nitrogen and oxygen atoms in total. The van der Waals surface area contributed by atoms with E-state index in [-0.39, 0.29) is 17.5 Å². The molecule has 0 aliphatic carbocycles. The second-order valence-corrected chi connectivity index (χ2v) is 4.91. The Bertz CT molecular complexity index is 680. The van der Waals surface area contributed by atoms with E-state index in [9.17, 15) is 19.8 Å². The number of thiol groups is 1. The van der Waals surface area contributed by atoms with Crippen LogP contribution in [0.25, 0.3) is 11.1 Å². The molecule has 0 saturated carbocycles. The van der Waals surface area contributed by atoms with E-state index in [4.69, 9.17) is 0 Å². The molecule has 0 aliphatic heterocycles. The molecule has 2 N–H and O–H groups in total. The maximum absolute atomic E-state index is 11.6. The molecule has 0 aromatic heterocycles. The molecule has 0 saturated heterocycles. The van der Waals surface area contributed by atoms with Gasteiger partial charge >= 0.3 is 11.9 Å². The highest BCUT2D eigenvalue weighted by Crippen LogP contribution is 2.29. The quantitative estimate of drug-likeness (QED) is 0.741. The first-order valence-electron chi connectivity index (χ1n) is 6.35. The van der Waals surface area contributed by atoms with Gasteiger partial charge in [0.1, 0.15) is 0 Å². The molecule has 0 fully saturated rings. The fourth-order valence-corrected chi connectivity index (χ4v) is 2.55. The van der Waals surface area contributed by atoms with Crippen molar-refractivity contribution in [1.82, 2.24) is 0 Å². The monoisotopic (exact) mass is 302 g/mol. The predicted molar refractivity (Wildman–Crippen MR) is 83.4 cm³/mol. The summed E-state index contributed by atoms with van der Waals surface area (Å²) in [7, 11) is 0. The third kappa shape index (κ3) is 3.08. The van der Waals surface area contributed by atoms with E-state index < -0.39 is 11.9 Å². The Labute approximate surface area is 127 Å². The van der Waals surface area contributed by atoms with Crippen LogP contribution >= 0.6 is 12.6 Å². The molecule has 2 rings (SSSR count). The molecule has 0 heterocycles. The van der Waals surface area contributed by atoms with Crippen LogP contribution in [-0.4, -0.2) is 27.9 Å². The second kappa shape index (κ2) is 6.45. The van der Waals surface area contributed by atoms with E-state index in [0.717, 1.165) is 5.56 Å². The Balaban J connectivity index is 2.76. The van der Waals surface area contributed by atoms with Gasteiger partial charge in [-0.05, 0) is 34.9 Å². The Hall–Kier alpha value is -2.27. The summed E-state index contributed by atoms with van der Waals surface area (Å²) in [6, 6.07) is 12.1. The maximum Gasteiger partial charge on any atom is 0.336 e. The topological polar surface area (TPSA) is 74.6 Å². The summed E-state index contributed by atoms with van der Waals surface area (Å²) < 4.78 is 0. The SMILES string of the molecule is O=C(O)c1ccc(-c2ccccc2)c(C(=O)O)c1CCS. The summed E-state index contributed by atoms with van der Waals surface area (Å²) >= 11 is 4.10. The van der Waals surface area contributed by atoms with Crippen LogP contribution in [0, 0.1) is 0 Å². The first-order valence-corrected chi connectivity index (χ1v) is 6.98. The lowest BCUT2D eigenvalue weighted by atomic mass is 9.90. The van der Waals surface area contributed by atoms with Gasteiger partial charge in [0, 0.05) is 0 Å². The molecule has 0 unspecified atom stereocenters. The zero-order chi connectivity index (χ0) is 15.4. The van der Waals surface area contributed by atoms with E-state index in [1.165, 1.54) is 6.07 Å². The Morgan fingerprint density at radius 2 is 1.62 bits per heavy atom. The lowest BCUT2D eigenvalue weighted by Crippen LogP contribution is -2.12. The number of carboxylic acids is 2. The van der Waals surface area contributed by atoms with Crippen LogP contribution in [-0.2, 0) is 6.42 Å². The molecule has 0 aliphatic rings. The van der Waals surface area contributed by atoms with Crippen molar-refractivity contribution in [3.05, 3.63) is 59.2 Å². The Morgan fingerprint density at radius 1 is 0.952 bits per heavy atom. The molecule has 2 aromatic rings. The van der Waals surface area contributed by atoms with Gasteiger partial charge in [-0.15, -0.1) is 0 Å². The van der Waals surface area contributed by atoms with Gasteiger partial charge in [-0.1, -0.05) is 36.4 Å². The first-order chi connectivity index (χ1) is 10.1. The van der Waals surface area contributed by atoms with E-state index in [1.807, 2.05) is 18.2 Å². The van der Waals surface area contributed by atoms with Gasteiger partial charge in [0.15, 0.2) is 0 Å². The molecule has 5 heteroatoms. The number of hydrogen-bond acceptors (Lipinski definition) is 3. The summed E-state index contributed by atoms with van der Waals surface area (Å²) in [5.41, 5.74) is 1.62. The standard InChI is InChI=1S/C16H14O4S/c17-15(18)13-7-6-11(10-4-2-1-3-5-10)14(16(19)20)12(13)8-9-21/h1-7,21H,8-9H2,(H,17,18)(H,19,20). The van der Waals surface area contributed by atoms with Crippen molar-refractivity contribution >= 4 is 24.6 Å². The van der Waals surface area contributed by atoms with Gasteiger partial charge in [0.05, 0.1) is 11.1 Å². The normalized spacial score (nSPS) is 10.3. The molecular formula is C16H14O4S. The zero-order valence-corrected chi connectivity index (χ0v) is 12.0. The van der Waals surface area contributed by atoms with Gasteiger partial charge in [-0.2, -0.15) is 12.6 Å². The molecule has 0 bridgehead atoms. The van der Waals surface area contributed by atoms with Crippen LogP contribution in [0.3, 0.4) is 0 Å². The second-order valence-electron chi connectivity index (χ2n) is 4.46. The molecule has 108 valence electrons. The highest BCUT2D eigenvalue weighted by atomic mass is 32.1. The minimum absolute atomic E-state index is 0.0149. The third-order valence-electron chi connectivity index (χ3n) is 3.20. The number of aromatic carboxylic acids is 2. The number of benzene rings is 2. The number of rotatable bonds is 5. The highest BCUT2D eigenvalue weighted by molar-refractivity contribution is 7.80. The number of hydrogen-bond donors (Lipinski definition) is 3. The van der Waals surface area contributed by atoms with E-state index >= 15 is 0 Å². The highest BCUT2D eigenvalue weighted by Gasteiger charge is 2.22. The molecule has 0 radical (unpaired) electrons. The van der Waals surface area contributed by atoms with E-state index in [1.54, 1.807) is 18.2 Å². The molecule has 0 spiro atoms. The minimum Gasteiger partial charge on any atom is -0.478 e. The van der Waals surface area contributed by atoms with Gasteiger partial charge in [-0.25, -0.2) is 9.59 Å². The summed E-state index contributed by atoms with van der Waals surface area (Å²) in [6.07, 6.45) is 0.285. The Morgan fingerprint density at radius 3 is 2.14 bits per heavy atom. The van der Waals surface area contributed by atoms with Crippen molar-refractivity contribution < 1.29 is 19.8 Å². The van der Waals surface area contributed by atoms with Crippen molar-refractivity contribution in [3.8, 4) is 11.1 Å². The van der Waals surface area contributed by atoms with Gasteiger partial charge in [-0.3, -0.25) is 0 Å². The van der Waals surface area contributed by atoms with Crippen LogP contribution < -0.4 is 0 Å². The van der Waals surface area contributed by atoms with Crippen LogP contribution in [0.15, 0.2) is 42.5 Å². The third-order valence-corrected chi connectivity index (χ3v) is 3.43. The smallest absolute Gasteiger partial charge is 0.336 e. The summed E-state index contributed by atoms with van der Waals surface area (Å²) in [5, 5.41) is 18.8. The molecule has 21 heavy (non-hydrogen) atoms. The van der Waals surface area contributed by atoms with Crippen LogP contribution in [0.1, 0.15) is 26.3 Å². The van der Waals surface area contributed by atoms with E-state index in [0.29, 0.717) is 16.9 Å². The average molecular weight is 302 g/mol. The lowest BCUT2D eigenvalue weighted by Gasteiger charge is -2.14. The van der Waals surface area contributed by atoms with Crippen LogP contribution in [0.2, 0.25) is 0 Å². The van der Waals surface area contributed by atoms with Crippen LogP contribution in [0.4, 0.5) is 0 Å². The van der Waals surface area contributed by atoms with Crippen LogP contribution in [0.5, 0.6) is 0 Å². The first kappa shape index (κ1) is 15.1. The molecule has 2 aromatic carbocycles. The maximum atomic E-state index is 11.6. The van der Waals surface area contributed by atoms with Crippen molar-refractivity contribution in [2.75, 3.05) is 5.75 Å². The predicted octanol–water partition coefficient (Wildman–Crippen LogP) is 3.22. The van der Waals surface area contributed by atoms with E-state index in [2.05, 4.69) is 12.6 Å². The van der Waals surface area contributed by atoms with Gasteiger partial charge in [0.25, 0.3) is 0 Å². The molecule has 0 amide bonds. The zero-order valence-electron chi connectivity index (χ0n) is 11.1. The molecule has 0 atom stereocenters. The largest absolute Gasteiger partial charge is 0.478 e. The van der Waals surface area contributed by atoms with Gasteiger partial charge < -0.3 is 10.2 Å². The van der Waals surface area contributed by atoms with Crippen molar-refractivity contribution in [2.45, 2.75) is 6.42 Å². The lowest BCUT2D eigenvalue weighted by molar-refractivity contribution is 0.0696. The van der Waals surface area contributed by atoms with Gasteiger partial charge in [0.2, 0.25) is 0 Å². The minimum atomic E-state index is -1.13. The molecular weight excluding hydrogens is 288 g/mol. The summed E-state index contributed by atoms with van der Waals surface area (Å²) in [5.74, 6) is -1.89. The summed E-state index contributed by atoms with van der Waals surface area (Å²) in [4.78, 5) is 22.9. The number of carboxylic acid groups (broad SMARTS) is 2. The average Bonchev–Trinajstić information content (AvgIpc) is 2.47. The number of carbonyl (C=O) groups is 2. The van der Waals surface area contributed by atoms with Crippen molar-refractivity contribution in [2.24, 2.45) is 0 Å². The fraction of sp³-hybridized carbons (Fsp3) is 0.125. The fourth-order valence-electron chi connectivity index (χ4n) is 2.32. The van der Waals surface area contributed by atoms with Crippen molar-refractivity contribution in [1.29, 1.82) is 0 Å². The Kier molecular flexibility index (Phi) is 4.65. The van der Waals surface area contributed by atoms with Crippen molar-refractivity contribution in [3.63, 3.8) is 0 Å². The summed E-state index contributed by atoms with van der Waals surface area (Å²) in [6.45, 7) is 0.